The molecule has 0 aliphatic heterocycles. The molecular weight excluding hydrogens is 230 g/mol. The molecule has 18 heavy (non-hydrogen) atoms. The summed E-state index contributed by atoms with van der Waals surface area (Å²) >= 11 is 0. The van der Waals surface area contributed by atoms with Crippen LogP contribution in [-0.2, 0) is 13.0 Å². The Hall–Kier alpha value is -1.36. The maximum atomic E-state index is 12.5. The monoisotopic (exact) mass is 251 g/mol. The van der Waals surface area contributed by atoms with Crippen LogP contribution in [0.1, 0.15) is 42.9 Å². The minimum absolute atomic E-state index is 0.000556. The van der Waals surface area contributed by atoms with E-state index in [1.54, 1.807) is 9.58 Å². The molecule has 0 aromatic carbocycles. The Labute approximate surface area is 107 Å². The molecule has 1 N–H and O–H groups in total. The fraction of sp³-hybridized carbons (Fsp3) is 0.692. The molecular formula is C13H21N3O2. The molecule has 1 aromatic rings. The number of nitrogens with zero attached hydrogens (tertiary/aromatic N) is 3. The van der Waals surface area contributed by atoms with Crippen LogP contribution in [0.25, 0.3) is 0 Å². The molecule has 1 saturated carbocycles. The van der Waals surface area contributed by atoms with Crippen molar-refractivity contribution in [1.82, 2.24) is 14.7 Å². The second-order valence-electron chi connectivity index (χ2n) is 4.64. The number of carbonyl (C=O) groups is 1. The van der Waals surface area contributed by atoms with Gasteiger partial charge in [-0.2, -0.15) is 5.10 Å². The van der Waals surface area contributed by atoms with Gasteiger partial charge in [0.1, 0.15) is 5.69 Å². The lowest BCUT2D eigenvalue weighted by atomic mass is 10.2. The Balaban J connectivity index is 2.22. The summed E-state index contributed by atoms with van der Waals surface area (Å²) in [5, 5.41) is 13.5. The second-order valence-corrected chi connectivity index (χ2v) is 4.64. The van der Waals surface area contributed by atoms with Crippen molar-refractivity contribution in [2.75, 3.05) is 13.2 Å². The van der Waals surface area contributed by atoms with Crippen molar-refractivity contribution >= 4 is 5.91 Å². The molecule has 0 atom stereocenters. The van der Waals surface area contributed by atoms with E-state index in [0.717, 1.165) is 25.0 Å². The first kappa shape index (κ1) is 13.1. The van der Waals surface area contributed by atoms with Gasteiger partial charge in [-0.3, -0.25) is 9.48 Å². The van der Waals surface area contributed by atoms with Crippen molar-refractivity contribution in [1.29, 1.82) is 0 Å². The van der Waals surface area contributed by atoms with Crippen LogP contribution in [0.5, 0.6) is 0 Å². The van der Waals surface area contributed by atoms with Crippen molar-refractivity contribution in [3.8, 4) is 0 Å². The zero-order valence-electron chi connectivity index (χ0n) is 11.1. The summed E-state index contributed by atoms with van der Waals surface area (Å²) in [5.74, 6) is 0.000556. The molecule has 5 heteroatoms. The minimum atomic E-state index is 0.000556. The lowest BCUT2D eigenvalue weighted by molar-refractivity contribution is 0.0695. The number of carbonyl (C=O) groups excluding carboxylic acids is 1. The minimum Gasteiger partial charge on any atom is -0.395 e. The highest BCUT2D eigenvalue weighted by Gasteiger charge is 2.33. The van der Waals surface area contributed by atoms with Crippen LogP contribution in [0, 0.1) is 0 Å². The second kappa shape index (κ2) is 5.52. The fourth-order valence-electron chi connectivity index (χ4n) is 2.15. The smallest absolute Gasteiger partial charge is 0.272 e. The average molecular weight is 251 g/mol. The molecule has 0 unspecified atom stereocenters. The summed E-state index contributed by atoms with van der Waals surface area (Å²) in [5.41, 5.74) is 1.59. The molecule has 1 aromatic heterocycles. The van der Waals surface area contributed by atoms with Crippen molar-refractivity contribution < 1.29 is 9.90 Å². The van der Waals surface area contributed by atoms with E-state index in [9.17, 15) is 4.79 Å². The predicted octanol–water partition coefficient (Wildman–Crippen LogP) is 1.06. The normalized spacial score (nSPS) is 14.8. The number of amides is 1. The van der Waals surface area contributed by atoms with E-state index in [0.29, 0.717) is 24.8 Å². The van der Waals surface area contributed by atoms with Gasteiger partial charge in [0, 0.05) is 19.1 Å². The van der Waals surface area contributed by atoms with Crippen molar-refractivity contribution in [2.24, 2.45) is 0 Å². The third kappa shape index (κ3) is 2.56. The molecule has 0 radical (unpaired) electrons. The number of rotatable bonds is 6. The summed E-state index contributed by atoms with van der Waals surface area (Å²) < 4.78 is 1.76. The molecule has 0 saturated heterocycles. The summed E-state index contributed by atoms with van der Waals surface area (Å²) in [6.07, 6.45) is 2.93. The van der Waals surface area contributed by atoms with Crippen LogP contribution in [-0.4, -0.2) is 44.9 Å². The van der Waals surface area contributed by atoms with Gasteiger partial charge in [0.05, 0.1) is 12.3 Å². The lowest BCUT2D eigenvalue weighted by Gasteiger charge is -2.21. The number of hydrogen-bond donors (Lipinski definition) is 1. The average Bonchev–Trinajstić information content (AvgIpc) is 3.13. The predicted molar refractivity (Wildman–Crippen MR) is 68.4 cm³/mol. The summed E-state index contributed by atoms with van der Waals surface area (Å²) in [4.78, 5) is 14.3. The van der Waals surface area contributed by atoms with Crippen LogP contribution < -0.4 is 0 Å². The van der Waals surface area contributed by atoms with Gasteiger partial charge < -0.3 is 10.0 Å². The van der Waals surface area contributed by atoms with Crippen LogP contribution in [0.2, 0.25) is 0 Å². The first-order valence-corrected chi connectivity index (χ1v) is 6.69. The maximum Gasteiger partial charge on any atom is 0.272 e. The van der Waals surface area contributed by atoms with E-state index in [2.05, 4.69) is 5.10 Å². The molecule has 1 heterocycles. The molecule has 1 amide bonds. The van der Waals surface area contributed by atoms with Crippen molar-refractivity contribution in [3.05, 3.63) is 17.5 Å². The van der Waals surface area contributed by atoms with Crippen LogP contribution in [0.3, 0.4) is 0 Å². The van der Waals surface area contributed by atoms with Gasteiger partial charge in [0.15, 0.2) is 0 Å². The van der Waals surface area contributed by atoms with Gasteiger partial charge in [-0.1, -0.05) is 6.92 Å². The zero-order chi connectivity index (χ0) is 13.1. The van der Waals surface area contributed by atoms with E-state index in [1.807, 2.05) is 19.9 Å². The van der Waals surface area contributed by atoms with Crippen LogP contribution in [0.15, 0.2) is 6.07 Å². The third-order valence-electron chi connectivity index (χ3n) is 3.30. The van der Waals surface area contributed by atoms with Gasteiger partial charge in [0.2, 0.25) is 0 Å². The molecule has 1 aliphatic rings. The molecule has 0 spiro atoms. The van der Waals surface area contributed by atoms with E-state index < -0.39 is 0 Å². The van der Waals surface area contributed by atoms with E-state index in [4.69, 9.17) is 5.11 Å². The number of aliphatic hydroxyl groups excluding tert-OH is 1. The lowest BCUT2D eigenvalue weighted by Crippen LogP contribution is -2.36. The molecule has 1 aliphatic carbocycles. The van der Waals surface area contributed by atoms with Crippen LogP contribution in [0.4, 0.5) is 0 Å². The Morgan fingerprint density at radius 1 is 1.56 bits per heavy atom. The zero-order valence-corrected chi connectivity index (χ0v) is 11.1. The largest absolute Gasteiger partial charge is 0.395 e. The van der Waals surface area contributed by atoms with Crippen molar-refractivity contribution in [2.45, 2.75) is 45.7 Å². The van der Waals surface area contributed by atoms with Gasteiger partial charge in [0.25, 0.3) is 5.91 Å². The highest BCUT2D eigenvalue weighted by Crippen LogP contribution is 2.28. The molecule has 0 bridgehead atoms. The first-order chi connectivity index (χ1) is 8.71. The molecule has 2 rings (SSSR count). The molecule has 1 fully saturated rings. The third-order valence-corrected chi connectivity index (χ3v) is 3.30. The van der Waals surface area contributed by atoms with Gasteiger partial charge >= 0.3 is 0 Å². The topological polar surface area (TPSA) is 58.4 Å². The van der Waals surface area contributed by atoms with Crippen LogP contribution >= 0.6 is 0 Å². The Kier molecular flexibility index (Phi) is 4.01. The quantitative estimate of drug-likeness (QED) is 0.822. The van der Waals surface area contributed by atoms with Gasteiger partial charge in [-0.25, -0.2) is 0 Å². The fourth-order valence-corrected chi connectivity index (χ4v) is 2.15. The Morgan fingerprint density at radius 2 is 2.28 bits per heavy atom. The Morgan fingerprint density at radius 3 is 2.78 bits per heavy atom. The summed E-state index contributed by atoms with van der Waals surface area (Å²) in [6.45, 7) is 5.14. The first-order valence-electron chi connectivity index (χ1n) is 6.69. The van der Waals surface area contributed by atoms with Gasteiger partial charge in [-0.05, 0) is 32.3 Å². The summed E-state index contributed by atoms with van der Waals surface area (Å²) in [7, 11) is 0. The highest BCUT2D eigenvalue weighted by atomic mass is 16.3. The number of aryl methyl sites for hydroxylation is 2. The molecule has 100 valence electrons. The Bertz CT molecular complexity index is 424. The standard InChI is InChI=1S/C13H21N3O2/c1-3-10-9-12(16(4-2)14-10)13(18)15(7-8-17)11-5-6-11/h9,11,17H,3-8H2,1-2H3. The molecule has 5 nitrogen and oxygen atoms in total. The van der Waals surface area contributed by atoms with E-state index >= 15 is 0 Å². The van der Waals surface area contributed by atoms with Gasteiger partial charge in [-0.15, -0.1) is 0 Å². The van der Waals surface area contributed by atoms with Crippen molar-refractivity contribution in [3.63, 3.8) is 0 Å². The highest BCUT2D eigenvalue weighted by molar-refractivity contribution is 5.93. The maximum absolute atomic E-state index is 12.5. The number of aliphatic hydroxyl groups is 1. The SMILES string of the molecule is CCc1cc(C(=O)N(CCO)C2CC2)n(CC)n1. The van der Waals surface area contributed by atoms with E-state index in [1.165, 1.54) is 0 Å². The number of aromatic nitrogens is 2. The van der Waals surface area contributed by atoms with E-state index in [-0.39, 0.29) is 12.5 Å². The summed E-state index contributed by atoms with van der Waals surface area (Å²) in [6, 6.07) is 2.19. The number of hydrogen-bond acceptors (Lipinski definition) is 3.